The number of hydrogen-bond donors (Lipinski definition) is 1. The van der Waals surface area contributed by atoms with E-state index in [4.69, 9.17) is 16.0 Å². The summed E-state index contributed by atoms with van der Waals surface area (Å²) in [6.45, 7) is 0. The number of halogens is 1. The molecule has 5 heteroatoms. The van der Waals surface area contributed by atoms with Gasteiger partial charge in [-0.05, 0) is 47.4 Å². The van der Waals surface area contributed by atoms with E-state index in [1.165, 1.54) is 6.08 Å². The molecule has 4 aromatic carbocycles. The molecular weight excluding hydrogens is 408 g/mol. The highest BCUT2D eigenvalue weighted by Gasteiger charge is 2.13. The number of carbonyl (C=O) groups is 1. The zero-order valence-corrected chi connectivity index (χ0v) is 17.1. The smallest absolute Gasteiger partial charge is 0.248 e. The Morgan fingerprint density at radius 3 is 2.58 bits per heavy atom. The molecule has 0 bridgehead atoms. The molecule has 0 spiro atoms. The van der Waals surface area contributed by atoms with Gasteiger partial charge in [0.2, 0.25) is 11.8 Å². The number of fused-ring (bicyclic) bond motifs is 2. The average Bonchev–Trinajstić information content (AvgIpc) is 3.22. The van der Waals surface area contributed by atoms with E-state index >= 15 is 0 Å². The van der Waals surface area contributed by atoms with Crippen molar-refractivity contribution in [2.45, 2.75) is 0 Å². The summed E-state index contributed by atoms with van der Waals surface area (Å²) in [7, 11) is 0. The van der Waals surface area contributed by atoms with Gasteiger partial charge in [-0.25, -0.2) is 4.98 Å². The van der Waals surface area contributed by atoms with Crippen molar-refractivity contribution in [3.63, 3.8) is 0 Å². The van der Waals surface area contributed by atoms with E-state index in [-0.39, 0.29) is 5.91 Å². The summed E-state index contributed by atoms with van der Waals surface area (Å²) in [5.41, 5.74) is 3.79. The maximum absolute atomic E-state index is 12.3. The minimum atomic E-state index is -0.212. The predicted octanol–water partition coefficient (Wildman–Crippen LogP) is 6.95. The fourth-order valence-corrected chi connectivity index (χ4v) is 3.74. The molecule has 0 aliphatic rings. The Morgan fingerprint density at radius 2 is 1.71 bits per heavy atom. The maximum atomic E-state index is 12.3. The minimum absolute atomic E-state index is 0.212. The molecule has 0 radical (unpaired) electrons. The third-order valence-corrected chi connectivity index (χ3v) is 5.31. The lowest BCUT2D eigenvalue weighted by Gasteiger charge is -2.04. The topological polar surface area (TPSA) is 55.1 Å². The highest BCUT2D eigenvalue weighted by atomic mass is 35.5. The molecule has 0 saturated carbocycles. The quantitative estimate of drug-likeness (QED) is 0.317. The Balaban J connectivity index is 1.43. The van der Waals surface area contributed by atoms with Crippen LogP contribution in [0.4, 0.5) is 5.69 Å². The molecule has 1 N–H and O–H groups in total. The van der Waals surface area contributed by atoms with Gasteiger partial charge in [-0.2, -0.15) is 0 Å². The van der Waals surface area contributed by atoms with Crippen LogP contribution >= 0.6 is 11.6 Å². The third kappa shape index (κ3) is 3.93. The average molecular weight is 425 g/mol. The molecule has 31 heavy (non-hydrogen) atoms. The van der Waals surface area contributed by atoms with Crippen molar-refractivity contribution >= 4 is 51.1 Å². The Labute approximate surface area is 183 Å². The summed E-state index contributed by atoms with van der Waals surface area (Å²) in [5.74, 6) is 0.297. The van der Waals surface area contributed by atoms with Crippen LogP contribution in [0, 0.1) is 0 Å². The molecule has 0 aliphatic carbocycles. The number of nitrogens with one attached hydrogen (secondary N) is 1. The van der Waals surface area contributed by atoms with E-state index in [2.05, 4.69) is 10.3 Å². The van der Waals surface area contributed by atoms with Gasteiger partial charge in [0.15, 0.2) is 5.58 Å². The van der Waals surface area contributed by atoms with Crippen molar-refractivity contribution < 1.29 is 9.21 Å². The Hall–Kier alpha value is -3.89. The van der Waals surface area contributed by atoms with Crippen LogP contribution in [0.15, 0.2) is 95.4 Å². The Morgan fingerprint density at radius 1 is 0.903 bits per heavy atom. The molecule has 4 nitrogen and oxygen atoms in total. The van der Waals surface area contributed by atoms with Crippen molar-refractivity contribution in [1.29, 1.82) is 0 Å². The maximum Gasteiger partial charge on any atom is 0.248 e. The van der Waals surface area contributed by atoms with Gasteiger partial charge in [-0.1, -0.05) is 66.2 Å². The van der Waals surface area contributed by atoms with Crippen LogP contribution in [0.2, 0.25) is 5.02 Å². The van der Waals surface area contributed by atoms with Crippen LogP contribution in [0.25, 0.3) is 39.4 Å². The standard InChI is InChI=1S/C26H17ClN2O2/c27-22-11-5-8-19-20(22)9-4-10-21(19)26-29-23-16-18(13-14-24(23)31-26)28-25(30)15-12-17-6-2-1-3-7-17/h1-16H,(H,28,30). The molecule has 0 fully saturated rings. The van der Waals surface area contributed by atoms with Gasteiger partial charge in [-0.15, -0.1) is 0 Å². The second kappa shape index (κ2) is 8.09. The third-order valence-electron chi connectivity index (χ3n) is 4.98. The number of oxazole rings is 1. The summed E-state index contributed by atoms with van der Waals surface area (Å²) in [6, 6.07) is 26.7. The van der Waals surface area contributed by atoms with Gasteiger partial charge in [0.1, 0.15) is 5.52 Å². The zero-order valence-electron chi connectivity index (χ0n) is 16.4. The van der Waals surface area contributed by atoms with Crippen LogP contribution in [0.3, 0.4) is 0 Å². The first-order valence-corrected chi connectivity index (χ1v) is 10.2. The van der Waals surface area contributed by atoms with Gasteiger partial charge in [-0.3, -0.25) is 4.79 Å². The molecule has 150 valence electrons. The van der Waals surface area contributed by atoms with Crippen LogP contribution in [-0.4, -0.2) is 10.9 Å². The molecule has 0 saturated heterocycles. The van der Waals surface area contributed by atoms with Gasteiger partial charge in [0.25, 0.3) is 0 Å². The van der Waals surface area contributed by atoms with Crippen molar-refractivity contribution in [2.24, 2.45) is 0 Å². The van der Waals surface area contributed by atoms with E-state index in [0.29, 0.717) is 27.7 Å². The first kappa shape index (κ1) is 19.1. The highest BCUT2D eigenvalue weighted by Crippen LogP contribution is 2.33. The number of carbonyl (C=O) groups excluding carboxylic acids is 1. The summed E-state index contributed by atoms with van der Waals surface area (Å²) in [4.78, 5) is 16.9. The Bertz CT molecular complexity index is 1440. The molecule has 5 rings (SSSR count). The van der Waals surface area contributed by atoms with Crippen LogP contribution in [-0.2, 0) is 4.79 Å². The van der Waals surface area contributed by atoms with Crippen LogP contribution < -0.4 is 5.32 Å². The molecule has 0 unspecified atom stereocenters. The summed E-state index contributed by atoms with van der Waals surface area (Å²) in [6.07, 6.45) is 3.28. The van der Waals surface area contributed by atoms with Crippen molar-refractivity contribution in [3.8, 4) is 11.5 Å². The first-order chi connectivity index (χ1) is 15.2. The number of benzene rings is 4. The summed E-state index contributed by atoms with van der Waals surface area (Å²) >= 11 is 6.33. The van der Waals surface area contributed by atoms with Crippen molar-refractivity contribution in [1.82, 2.24) is 4.98 Å². The highest BCUT2D eigenvalue weighted by molar-refractivity contribution is 6.35. The molecule has 1 heterocycles. The van der Waals surface area contributed by atoms with Crippen molar-refractivity contribution in [2.75, 3.05) is 5.32 Å². The molecule has 1 aromatic heterocycles. The Kier molecular flexibility index (Phi) is 4.98. The normalized spacial score (nSPS) is 11.4. The number of nitrogens with zero attached hydrogens (tertiary/aromatic N) is 1. The molecular formula is C26H17ClN2O2. The molecule has 0 aliphatic heterocycles. The SMILES string of the molecule is O=C(C=Cc1ccccc1)Nc1ccc2oc(-c3cccc4c(Cl)cccc34)nc2c1. The van der Waals surface area contributed by atoms with Crippen LogP contribution in [0.1, 0.15) is 5.56 Å². The molecule has 1 amide bonds. The second-order valence-corrected chi connectivity index (χ2v) is 7.48. The monoisotopic (exact) mass is 424 g/mol. The first-order valence-electron chi connectivity index (χ1n) is 9.80. The predicted molar refractivity (Wildman–Crippen MR) is 126 cm³/mol. The number of hydrogen-bond acceptors (Lipinski definition) is 3. The summed E-state index contributed by atoms with van der Waals surface area (Å²) in [5, 5.41) is 5.47. The van der Waals surface area contributed by atoms with Crippen molar-refractivity contribution in [3.05, 3.63) is 102 Å². The minimum Gasteiger partial charge on any atom is -0.436 e. The zero-order chi connectivity index (χ0) is 21.2. The lowest BCUT2D eigenvalue weighted by Crippen LogP contribution is -2.07. The van der Waals surface area contributed by atoms with E-state index in [0.717, 1.165) is 21.9 Å². The van der Waals surface area contributed by atoms with Gasteiger partial charge in [0.05, 0.1) is 0 Å². The number of anilines is 1. The fraction of sp³-hybridized carbons (Fsp3) is 0. The van der Waals surface area contributed by atoms with E-state index in [1.807, 2.05) is 66.7 Å². The lowest BCUT2D eigenvalue weighted by atomic mass is 10.0. The lowest BCUT2D eigenvalue weighted by molar-refractivity contribution is -0.111. The van der Waals surface area contributed by atoms with Crippen LogP contribution in [0.5, 0.6) is 0 Å². The van der Waals surface area contributed by atoms with E-state index < -0.39 is 0 Å². The van der Waals surface area contributed by atoms with E-state index in [1.54, 1.807) is 24.3 Å². The molecule has 5 aromatic rings. The van der Waals surface area contributed by atoms with Gasteiger partial charge < -0.3 is 9.73 Å². The largest absolute Gasteiger partial charge is 0.436 e. The fourth-order valence-electron chi connectivity index (χ4n) is 3.50. The number of amides is 1. The van der Waals surface area contributed by atoms with E-state index in [9.17, 15) is 4.79 Å². The van der Waals surface area contributed by atoms with Gasteiger partial charge in [0, 0.05) is 27.7 Å². The number of aromatic nitrogens is 1. The van der Waals surface area contributed by atoms with Gasteiger partial charge >= 0.3 is 0 Å². The molecule has 0 atom stereocenters. The second-order valence-electron chi connectivity index (χ2n) is 7.08. The number of rotatable bonds is 4. The summed E-state index contributed by atoms with van der Waals surface area (Å²) < 4.78 is 5.99.